The second-order valence-corrected chi connectivity index (χ2v) is 11.4. The van der Waals surface area contributed by atoms with Crippen LogP contribution in [0.4, 0.5) is 11.5 Å². The monoisotopic (exact) mass is 518 g/mol. The molecule has 1 atom stereocenters. The summed E-state index contributed by atoms with van der Waals surface area (Å²) in [6.07, 6.45) is 5.13. The minimum Gasteiger partial charge on any atom is -0.389 e. The SMILES string of the molecule is Cc1cn2nc([C@@H]3CCCCN3C(=O)c3cc(Cl)ccc3NS(C)(=O)=O)cc2nc1N1CC(O)C1. The average Bonchev–Trinajstić information content (AvgIpc) is 3.19. The van der Waals surface area contributed by atoms with Gasteiger partial charge in [-0.25, -0.2) is 17.9 Å². The van der Waals surface area contributed by atoms with Gasteiger partial charge in [0.05, 0.1) is 35.3 Å². The third kappa shape index (κ3) is 4.80. The first kappa shape index (κ1) is 23.8. The van der Waals surface area contributed by atoms with Gasteiger partial charge in [-0.15, -0.1) is 0 Å². The minimum absolute atomic E-state index is 0.194. The zero-order valence-corrected chi connectivity index (χ0v) is 21.1. The highest BCUT2D eigenvalue weighted by molar-refractivity contribution is 7.92. The van der Waals surface area contributed by atoms with Gasteiger partial charge < -0.3 is 14.9 Å². The van der Waals surface area contributed by atoms with Crippen LogP contribution < -0.4 is 9.62 Å². The van der Waals surface area contributed by atoms with E-state index in [9.17, 15) is 18.3 Å². The Hall–Kier alpha value is -2.89. The number of nitrogens with zero attached hydrogens (tertiary/aromatic N) is 5. The van der Waals surface area contributed by atoms with Crippen LogP contribution in [0.2, 0.25) is 5.02 Å². The number of aliphatic hydroxyl groups excluding tert-OH is 1. The molecule has 0 radical (unpaired) electrons. The maximum atomic E-state index is 13.7. The van der Waals surface area contributed by atoms with Crippen LogP contribution in [0.25, 0.3) is 5.65 Å². The molecule has 0 bridgehead atoms. The van der Waals surface area contributed by atoms with Crippen LogP contribution in [0.5, 0.6) is 0 Å². The number of likely N-dealkylation sites (tertiary alicyclic amines) is 1. The number of aryl methyl sites for hydroxylation is 1. The molecule has 12 heteroatoms. The number of hydrogen-bond donors (Lipinski definition) is 2. The molecule has 4 heterocycles. The lowest BCUT2D eigenvalue weighted by atomic mass is 9.98. The van der Waals surface area contributed by atoms with Crippen molar-refractivity contribution in [2.24, 2.45) is 0 Å². The third-order valence-corrected chi connectivity index (χ3v) is 7.22. The Balaban J connectivity index is 1.49. The lowest BCUT2D eigenvalue weighted by molar-refractivity contribution is 0.0607. The topological polar surface area (TPSA) is 120 Å². The zero-order chi connectivity index (χ0) is 24.9. The summed E-state index contributed by atoms with van der Waals surface area (Å²) in [6.45, 7) is 3.59. The molecule has 2 aliphatic rings. The molecule has 10 nitrogen and oxygen atoms in total. The minimum atomic E-state index is -3.58. The van der Waals surface area contributed by atoms with E-state index in [4.69, 9.17) is 21.7 Å². The first-order valence-electron chi connectivity index (χ1n) is 11.5. The van der Waals surface area contributed by atoms with Crippen molar-refractivity contribution in [3.63, 3.8) is 0 Å². The number of carbonyl (C=O) groups is 1. The van der Waals surface area contributed by atoms with E-state index in [2.05, 4.69) is 4.72 Å². The molecule has 2 aliphatic heterocycles. The Morgan fingerprint density at radius 1 is 1.23 bits per heavy atom. The normalized spacial score (nSPS) is 19.1. The van der Waals surface area contributed by atoms with Crippen LogP contribution in [0.15, 0.2) is 30.5 Å². The first-order valence-corrected chi connectivity index (χ1v) is 13.7. The van der Waals surface area contributed by atoms with Crippen molar-refractivity contribution >= 4 is 44.7 Å². The number of nitrogens with one attached hydrogen (secondary N) is 1. The van der Waals surface area contributed by atoms with E-state index >= 15 is 0 Å². The second-order valence-electron chi connectivity index (χ2n) is 9.25. The number of hydrogen-bond acceptors (Lipinski definition) is 7. The molecule has 1 amide bonds. The third-order valence-electron chi connectivity index (χ3n) is 6.40. The predicted molar refractivity (Wildman–Crippen MR) is 133 cm³/mol. The number of β-amino-alcohol motifs (C(OH)–C–C–N with tert-alkyl or cyclic N) is 1. The average molecular weight is 519 g/mol. The van der Waals surface area contributed by atoms with E-state index in [0.717, 1.165) is 42.6 Å². The second kappa shape index (κ2) is 8.96. The number of carbonyl (C=O) groups excluding carboxylic acids is 1. The number of benzene rings is 1. The molecule has 2 saturated heterocycles. The van der Waals surface area contributed by atoms with Gasteiger partial charge in [0.1, 0.15) is 5.82 Å². The fourth-order valence-electron chi connectivity index (χ4n) is 4.75. The lowest BCUT2D eigenvalue weighted by Gasteiger charge is -2.37. The fourth-order valence-corrected chi connectivity index (χ4v) is 5.50. The van der Waals surface area contributed by atoms with Crippen molar-refractivity contribution < 1.29 is 18.3 Å². The van der Waals surface area contributed by atoms with Gasteiger partial charge in [-0.3, -0.25) is 9.52 Å². The van der Waals surface area contributed by atoms with E-state index in [1.165, 1.54) is 12.1 Å². The summed E-state index contributed by atoms with van der Waals surface area (Å²) < 4.78 is 27.9. The summed E-state index contributed by atoms with van der Waals surface area (Å²) >= 11 is 6.17. The molecule has 35 heavy (non-hydrogen) atoms. The van der Waals surface area contributed by atoms with Gasteiger partial charge >= 0.3 is 0 Å². The van der Waals surface area contributed by atoms with Crippen molar-refractivity contribution in [3.8, 4) is 0 Å². The van der Waals surface area contributed by atoms with Gasteiger partial charge in [-0.2, -0.15) is 5.10 Å². The number of rotatable bonds is 5. The number of aromatic nitrogens is 3. The van der Waals surface area contributed by atoms with Gasteiger partial charge in [0.2, 0.25) is 10.0 Å². The van der Waals surface area contributed by atoms with Crippen molar-refractivity contribution in [2.45, 2.75) is 38.3 Å². The zero-order valence-electron chi connectivity index (χ0n) is 19.5. The molecule has 186 valence electrons. The molecule has 2 aromatic heterocycles. The Morgan fingerprint density at radius 2 is 2.00 bits per heavy atom. The Labute approximate surface area is 208 Å². The number of sulfonamides is 1. The van der Waals surface area contributed by atoms with Crippen LogP contribution in [0.3, 0.4) is 0 Å². The highest BCUT2D eigenvalue weighted by Crippen LogP contribution is 2.34. The summed E-state index contributed by atoms with van der Waals surface area (Å²) in [5, 5.41) is 14.7. The quantitative estimate of drug-likeness (QED) is 0.532. The summed E-state index contributed by atoms with van der Waals surface area (Å²) in [5.74, 6) is 0.515. The standard InChI is InChI=1S/C23H27ClN6O4S/c1-14-11-30-21(25-22(14)28-12-16(31)13-28)10-19(26-30)20-5-3-4-8-29(20)23(32)17-9-15(24)6-7-18(17)27-35(2,33)34/h6-7,9-11,16,20,27,31H,3-5,8,12-13H2,1-2H3/t20-/m0/s1. The molecule has 0 saturated carbocycles. The molecule has 0 unspecified atom stereocenters. The number of piperidine rings is 1. The van der Waals surface area contributed by atoms with Gasteiger partial charge in [-0.1, -0.05) is 11.6 Å². The molecular formula is C23H27ClN6O4S. The van der Waals surface area contributed by atoms with E-state index in [1.54, 1.807) is 15.5 Å². The molecule has 0 aliphatic carbocycles. The summed E-state index contributed by atoms with van der Waals surface area (Å²) in [4.78, 5) is 22.2. The number of aliphatic hydroxyl groups is 1. The Kier molecular flexibility index (Phi) is 6.10. The van der Waals surface area contributed by atoms with Gasteiger partial charge in [0, 0.05) is 42.5 Å². The Morgan fingerprint density at radius 3 is 2.71 bits per heavy atom. The van der Waals surface area contributed by atoms with Crippen LogP contribution >= 0.6 is 11.6 Å². The van der Waals surface area contributed by atoms with Crippen molar-refractivity contribution in [2.75, 3.05) is 35.5 Å². The summed E-state index contributed by atoms with van der Waals surface area (Å²) in [6, 6.07) is 6.15. The van der Waals surface area contributed by atoms with Crippen LogP contribution in [0.1, 0.15) is 46.9 Å². The van der Waals surface area contributed by atoms with Gasteiger partial charge in [0.15, 0.2) is 5.65 Å². The summed E-state index contributed by atoms with van der Waals surface area (Å²) in [7, 11) is -3.58. The van der Waals surface area contributed by atoms with Gasteiger partial charge in [0.25, 0.3) is 5.91 Å². The van der Waals surface area contributed by atoms with Crippen LogP contribution in [0, 0.1) is 6.92 Å². The molecule has 0 spiro atoms. The molecule has 3 aromatic rings. The highest BCUT2D eigenvalue weighted by Gasteiger charge is 2.33. The Bertz CT molecular complexity index is 1400. The van der Waals surface area contributed by atoms with E-state index < -0.39 is 10.0 Å². The molecule has 2 N–H and O–H groups in total. The largest absolute Gasteiger partial charge is 0.389 e. The predicted octanol–water partition coefficient (Wildman–Crippen LogP) is 2.61. The molecule has 1 aromatic carbocycles. The number of fused-ring (bicyclic) bond motifs is 1. The van der Waals surface area contributed by atoms with E-state index in [0.29, 0.717) is 30.3 Å². The molecule has 5 rings (SSSR count). The highest BCUT2D eigenvalue weighted by atomic mass is 35.5. The summed E-state index contributed by atoms with van der Waals surface area (Å²) in [5.41, 5.74) is 2.74. The number of amides is 1. The van der Waals surface area contributed by atoms with Gasteiger partial charge in [-0.05, 0) is 44.4 Å². The van der Waals surface area contributed by atoms with Crippen molar-refractivity contribution in [1.82, 2.24) is 19.5 Å². The van der Waals surface area contributed by atoms with Crippen LogP contribution in [-0.4, -0.2) is 70.9 Å². The fraction of sp³-hybridized carbons (Fsp3) is 0.435. The van der Waals surface area contributed by atoms with E-state index in [1.807, 2.05) is 24.1 Å². The van der Waals surface area contributed by atoms with E-state index in [-0.39, 0.29) is 29.3 Å². The van der Waals surface area contributed by atoms with Crippen molar-refractivity contribution in [1.29, 1.82) is 0 Å². The molecule has 2 fully saturated rings. The van der Waals surface area contributed by atoms with Crippen molar-refractivity contribution in [3.05, 3.63) is 52.3 Å². The maximum Gasteiger partial charge on any atom is 0.256 e. The molecular weight excluding hydrogens is 492 g/mol. The lowest BCUT2D eigenvalue weighted by Crippen LogP contribution is -2.51. The first-order chi connectivity index (χ1) is 16.6. The smallest absolute Gasteiger partial charge is 0.256 e. The number of halogens is 1. The maximum absolute atomic E-state index is 13.7. The van der Waals surface area contributed by atoms with Crippen LogP contribution in [-0.2, 0) is 10.0 Å². The number of anilines is 2.